The van der Waals surface area contributed by atoms with Gasteiger partial charge in [-0.1, -0.05) is 60.7 Å². The molecule has 1 heterocycles. The van der Waals surface area contributed by atoms with E-state index in [-0.39, 0.29) is 5.60 Å². The van der Waals surface area contributed by atoms with Crippen LogP contribution in [0.4, 0.5) is 0 Å². The third kappa shape index (κ3) is 3.69. The summed E-state index contributed by atoms with van der Waals surface area (Å²) in [4.78, 5) is 5.03. The minimum atomic E-state index is -0.423. The van der Waals surface area contributed by atoms with Crippen molar-refractivity contribution in [3.8, 4) is 17.3 Å². The third-order valence-corrected chi connectivity index (χ3v) is 7.74. The highest BCUT2D eigenvalue weighted by Crippen LogP contribution is 2.50. The number of thiazole rings is 1. The second-order valence-corrected chi connectivity index (χ2v) is 9.57. The van der Waals surface area contributed by atoms with E-state index >= 15 is 0 Å². The molecule has 152 valence electrons. The highest BCUT2D eigenvalue weighted by atomic mass is 32.1. The van der Waals surface area contributed by atoms with Crippen molar-refractivity contribution in [2.45, 2.75) is 49.5 Å². The molecule has 0 N–H and O–H groups in total. The molecule has 4 heteroatoms. The van der Waals surface area contributed by atoms with E-state index in [1.165, 1.54) is 12.8 Å². The zero-order chi connectivity index (χ0) is 20.4. The summed E-state index contributed by atoms with van der Waals surface area (Å²) >= 11 is 1.71. The molecule has 30 heavy (non-hydrogen) atoms. The van der Waals surface area contributed by atoms with Crippen molar-refractivity contribution in [3.63, 3.8) is 0 Å². The molecule has 0 aliphatic heterocycles. The van der Waals surface area contributed by atoms with Crippen LogP contribution in [0.1, 0.15) is 49.1 Å². The fourth-order valence-corrected chi connectivity index (χ4v) is 5.55. The van der Waals surface area contributed by atoms with Crippen LogP contribution in [0.2, 0.25) is 0 Å². The van der Waals surface area contributed by atoms with Gasteiger partial charge in [0.05, 0.1) is 23.8 Å². The van der Waals surface area contributed by atoms with Gasteiger partial charge in [0.25, 0.3) is 0 Å². The first-order valence-electron chi connectivity index (χ1n) is 10.9. The number of nitrogens with zero attached hydrogens (tertiary/aromatic N) is 2. The molecule has 0 atom stereocenters. The van der Waals surface area contributed by atoms with Crippen LogP contribution in [0.3, 0.4) is 0 Å². The van der Waals surface area contributed by atoms with Gasteiger partial charge in [-0.15, -0.1) is 11.3 Å². The molecule has 0 spiro atoms. The lowest BCUT2D eigenvalue weighted by molar-refractivity contribution is -0.0880. The molecule has 5 rings (SSSR count). The van der Waals surface area contributed by atoms with E-state index in [0.717, 1.165) is 54.1 Å². The molecule has 2 aliphatic rings. The van der Waals surface area contributed by atoms with Crippen LogP contribution >= 0.6 is 11.3 Å². The van der Waals surface area contributed by atoms with Crippen LogP contribution in [0.25, 0.3) is 11.3 Å². The van der Waals surface area contributed by atoms with Crippen molar-refractivity contribution >= 4 is 11.3 Å². The first-order chi connectivity index (χ1) is 14.7. The summed E-state index contributed by atoms with van der Waals surface area (Å²) in [5.74, 6) is 0.701. The molecule has 2 aliphatic carbocycles. The summed E-state index contributed by atoms with van der Waals surface area (Å²) in [6, 6.07) is 23.3. The quantitative estimate of drug-likeness (QED) is 0.464. The molecule has 0 amide bonds. The summed E-state index contributed by atoms with van der Waals surface area (Å²) < 4.78 is 6.64. The molecule has 0 saturated heterocycles. The molecular formula is C26H26N2OS. The standard InChI is InChI=1S/C26H26N2OS/c27-19-25(22-9-5-2-6-10-22)13-15-26(16-14-25,29-17-20-11-12-20)24-28-23(18-30-24)21-7-3-1-4-8-21/h1-10,18,20H,11-17H2/t25-,26-. The van der Waals surface area contributed by atoms with Gasteiger partial charge in [-0.2, -0.15) is 5.26 Å². The minimum absolute atomic E-state index is 0.366. The SMILES string of the molecule is N#C[C@]1(c2ccccc2)CC[C@@](OCC2CC2)(c2nc(-c3ccccc3)cs2)CC1. The Bertz CT molecular complexity index is 1030. The lowest BCUT2D eigenvalue weighted by Crippen LogP contribution is -2.41. The Balaban J connectivity index is 1.43. The maximum atomic E-state index is 10.1. The van der Waals surface area contributed by atoms with Crippen molar-refractivity contribution < 1.29 is 4.74 Å². The van der Waals surface area contributed by atoms with Crippen molar-refractivity contribution in [3.05, 3.63) is 76.6 Å². The van der Waals surface area contributed by atoms with Crippen molar-refractivity contribution in [1.82, 2.24) is 4.98 Å². The summed E-state index contributed by atoms with van der Waals surface area (Å²) in [5, 5.41) is 13.3. The smallest absolute Gasteiger partial charge is 0.125 e. The van der Waals surface area contributed by atoms with Gasteiger partial charge in [-0.05, 0) is 50.0 Å². The van der Waals surface area contributed by atoms with Crippen molar-refractivity contribution in [2.75, 3.05) is 6.61 Å². The fourth-order valence-electron chi connectivity index (χ4n) is 4.51. The first-order valence-corrected chi connectivity index (χ1v) is 11.7. The largest absolute Gasteiger partial charge is 0.368 e. The summed E-state index contributed by atoms with van der Waals surface area (Å²) in [5.41, 5.74) is 2.50. The molecule has 0 bridgehead atoms. The number of ether oxygens (including phenoxy) is 1. The average Bonchev–Trinajstić information content (AvgIpc) is 3.52. The highest BCUT2D eigenvalue weighted by Gasteiger charge is 2.47. The van der Waals surface area contributed by atoms with Gasteiger partial charge in [0, 0.05) is 10.9 Å². The maximum absolute atomic E-state index is 10.1. The molecule has 0 unspecified atom stereocenters. The minimum Gasteiger partial charge on any atom is -0.368 e. The van der Waals surface area contributed by atoms with Crippen LogP contribution in [0.5, 0.6) is 0 Å². The number of aromatic nitrogens is 1. The van der Waals surface area contributed by atoms with E-state index < -0.39 is 5.41 Å². The summed E-state index contributed by atoms with van der Waals surface area (Å²) in [6.45, 7) is 0.811. The van der Waals surface area contributed by atoms with Gasteiger partial charge in [0.1, 0.15) is 10.6 Å². The molecule has 2 fully saturated rings. The van der Waals surface area contributed by atoms with E-state index in [0.29, 0.717) is 5.92 Å². The van der Waals surface area contributed by atoms with Crippen molar-refractivity contribution in [2.24, 2.45) is 5.92 Å². The molecular weight excluding hydrogens is 388 g/mol. The van der Waals surface area contributed by atoms with Crippen LogP contribution in [0.15, 0.2) is 66.0 Å². The van der Waals surface area contributed by atoms with Gasteiger partial charge >= 0.3 is 0 Å². The van der Waals surface area contributed by atoms with Crippen LogP contribution < -0.4 is 0 Å². The molecule has 3 aromatic rings. The Kier molecular flexibility index (Phi) is 5.18. The third-order valence-electron chi connectivity index (χ3n) is 6.71. The molecule has 2 aromatic carbocycles. The Morgan fingerprint density at radius 3 is 2.27 bits per heavy atom. The predicted octanol–water partition coefficient (Wildman–Crippen LogP) is 6.47. The highest BCUT2D eigenvalue weighted by molar-refractivity contribution is 7.10. The topological polar surface area (TPSA) is 45.9 Å². The Morgan fingerprint density at radius 2 is 1.63 bits per heavy atom. The van der Waals surface area contributed by atoms with E-state index in [4.69, 9.17) is 9.72 Å². The fraction of sp³-hybridized carbons (Fsp3) is 0.385. The maximum Gasteiger partial charge on any atom is 0.125 e. The van der Waals surface area contributed by atoms with Gasteiger partial charge < -0.3 is 4.74 Å². The molecule has 3 nitrogen and oxygen atoms in total. The Labute approximate surface area is 182 Å². The normalized spacial score (nSPS) is 26.2. The Morgan fingerprint density at radius 1 is 0.967 bits per heavy atom. The number of hydrogen-bond donors (Lipinski definition) is 0. The molecule has 0 radical (unpaired) electrons. The van der Waals surface area contributed by atoms with Gasteiger partial charge in [0.2, 0.25) is 0 Å². The van der Waals surface area contributed by atoms with E-state index in [1.54, 1.807) is 11.3 Å². The van der Waals surface area contributed by atoms with Crippen LogP contribution in [0, 0.1) is 17.2 Å². The molecule has 1 aromatic heterocycles. The second-order valence-electron chi connectivity index (χ2n) is 8.71. The lowest BCUT2D eigenvalue weighted by Gasteiger charge is -2.42. The Hall–Kier alpha value is -2.48. The van der Waals surface area contributed by atoms with Gasteiger partial charge in [-0.3, -0.25) is 0 Å². The number of benzene rings is 2. The summed E-state index contributed by atoms with van der Waals surface area (Å²) in [6.07, 6.45) is 5.83. The van der Waals surface area contributed by atoms with Gasteiger partial charge in [0.15, 0.2) is 0 Å². The van der Waals surface area contributed by atoms with E-state index in [1.807, 2.05) is 24.3 Å². The monoisotopic (exact) mass is 414 g/mol. The second kappa shape index (κ2) is 7.98. The van der Waals surface area contributed by atoms with Crippen LogP contribution in [-0.4, -0.2) is 11.6 Å². The lowest BCUT2D eigenvalue weighted by atomic mass is 9.66. The zero-order valence-electron chi connectivity index (χ0n) is 17.1. The van der Waals surface area contributed by atoms with Crippen molar-refractivity contribution in [1.29, 1.82) is 5.26 Å². The number of nitriles is 1. The zero-order valence-corrected chi connectivity index (χ0v) is 17.9. The predicted molar refractivity (Wildman–Crippen MR) is 120 cm³/mol. The number of rotatable bonds is 6. The first kappa shape index (κ1) is 19.5. The van der Waals surface area contributed by atoms with Crippen LogP contribution in [-0.2, 0) is 15.8 Å². The summed E-state index contributed by atoms with van der Waals surface area (Å²) in [7, 11) is 0. The number of hydrogen-bond acceptors (Lipinski definition) is 4. The van der Waals surface area contributed by atoms with E-state index in [2.05, 4.69) is 47.8 Å². The van der Waals surface area contributed by atoms with Gasteiger partial charge in [-0.25, -0.2) is 4.98 Å². The van der Waals surface area contributed by atoms with E-state index in [9.17, 15) is 5.26 Å². The molecule has 2 saturated carbocycles. The average molecular weight is 415 g/mol.